The number of benzene rings is 1. The van der Waals surface area contributed by atoms with Gasteiger partial charge in [0.05, 0.1) is 5.56 Å². The molecule has 1 aliphatic carbocycles. The Kier molecular flexibility index (Phi) is 4.95. The molecule has 0 amide bonds. The largest absolute Gasteiger partial charge is 0.511 e. The van der Waals surface area contributed by atoms with Gasteiger partial charge in [0.15, 0.2) is 0 Å². The minimum absolute atomic E-state index is 0.0127. The van der Waals surface area contributed by atoms with Crippen molar-refractivity contribution in [2.45, 2.75) is 32.4 Å². The molecule has 0 atom stereocenters. The Morgan fingerprint density at radius 3 is 2.57 bits per heavy atom. The molecule has 0 bridgehead atoms. The van der Waals surface area contributed by atoms with Crippen LogP contribution in [0.3, 0.4) is 0 Å². The van der Waals surface area contributed by atoms with Crippen LogP contribution in [0.2, 0.25) is 0 Å². The van der Waals surface area contributed by atoms with E-state index in [1.165, 1.54) is 12.1 Å². The van der Waals surface area contributed by atoms with Crippen molar-refractivity contribution in [3.63, 3.8) is 0 Å². The topological polar surface area (TPSA) is 56.0 Å². The predicted octanol–water partition coefficient (Wildman–Crippen LogP) is 4.75. The van der Waals surface area contributed by atoms with Gasteiger partial charge in [-0.25, -0.2) is 0 Å². The zero-order valence-corrected chi connectivity index (χ0v) is 13.2. The second kappa shape index (κ2) is 6.59. The lowest BCUT2D eigenvalue weighted by Gasteiger charge is -2.14. The van der Waals surface area contributed by atoms with Crippen LogP contribution < -0.4 is 5.32 Å². The molecular weight excluding hydrogens is 325 g/mol. The Morgan fingerprint density at radius 2 is 2.09 bits per heavy atom. The Balaban J connectivity index is 2.25. The van der Waals surface area contributed by atoms with Crippen LogP contribution in [0.25, 0.3) is 0 Å². The van der Waals surface area contributed by atoms with Gasteiger partial charge in [-0.2, -0.15) is 18.4 Å². The Bertz CT molecular complexity index is 700. The van der Waals surface area contributed by atoms with Crippen molar-refractivity contribution in [2.24, 2.45) is 5.92 Å². The molecule has 1 aromatic rings. The molecule has 2 rings (SSSR count). The molecule has 7 heteroatoms. The van der Waals surface area contributed by atoms with E-state index in [1.54, 1.807) is 6.92 Å². The first-order valence-corrected chi connectivity index (χ1v) is 7.53. The second-order valence-corrected chi connectivity index (χ2v) is 5.73. The molecule has 0 heterocycles. The number of alkyl halides is 3. The second-order valence-electron chi connectivity index (χ2n) is 5.32. The summed E-state index contributed by atoms with van der Waals surface area (Å²) < 4.78 is 38.7. The third-order valence-corrected chi connectivity index (χ3v) is 3.91. The van der Waals surface area contributed by atoms with Gasteiger partial charge in [0.1, 0.15) is 22.4 Å². The van der Waals surface area contributed by atoms with Gasteiger partial charge >= 0.3 is 6.18 Å². The highest BCUT2D eigenvalue weighted by molar-refractivity contribution is 7.81. The number of anilines is 1. The van der Waals surface area contributed by atoms with Crippen LogP contribution in [-0.2, 0) is 12.6 Å². The van der Waals surface area contributed by atoms with Crippen LogP contribution in [0, 0.1) is 17.2 Å². The average molecular weight is 340 g/mol. The molecule has 3 nitrogen and oxygen atoms in total. The van der Waals surface area contributed by atoms with Crippen molar-refractivity contribution in [1.82, 2.24) is 0 Å². The van der Waals surface area contributed by atoms with E-state index in [4.69, 9.17) is 17.5 Å². The number of allylic oxidation sites excluding steroid dienone is 1. The van der Waals surface area contributed by atoms with Gasteiger partial charge in [-0.05, 0) is 43.0 Å². The molecule has 2 N–H and O–H groups in total. The number of hydrogen-bond acceptors (Lipinski definition) is 3. The summed E-state index contributed by atoms with van der Waals surface area (Å²) in [5.74, 6) is -0.0872. The summed E-state index contributed by atoms with van der Waals surface area (Å²) in [6.07, 6.45) is -2.59. The maximum Gasteiger partial charge on any atom is 0.416 e. The van der Waals surface area contributed by atoms with Crippen molar-refractivity contribution >= 4 is 22.9 Å². The standard InChI is InChI=1S/C16H15F3N2OS/c1-2-9-7-11(5-6-13(9)16(17,18)19)21-15(23)12(8-20)14(22)10-3-4-10/h5-7,10,22H,2-4H2,1H3,(H,21,23)/b14-12+. The van der Waals surface area contributed by atoms with E-state index in [2.05, 4.69) is 5.32 Å². The molecule has 0 spiro atoms. The number of rotatable bonds is 4. The minimum Gasteiger partial charge on any atom is -0.511 e. The Morgan fingerprint density at radius 1 is 1.43 bits per heavy atom. The van der Waals surface area contributed by atoms with Crippen molar-refractivity contribution in [2.75, 3.05) is 5.32 Å². The first kappa shape index (κ1) is 17.3. The lowest BCUT2D eigenvalue weighted by Crippen LogP contribution is -2.15. The fourth-order valence-corrected chi connectivity index (χ4v) is 2.49. The van der Waals surface area contributed by atoms with Crippen molar-refractivity contribution in [3.05, 3.63) is 40.7 Å². The molecule has 0 aliphatic heterocycles. The van der Waals surface area contributed by atoms with Gasteiger partial charge in [-0.1, -0.05) is 19.1 Å². The fourth-order valence-electron chi connectivity index (χ4n) is 2.22. The maximum atomic E-state index is 12.9. The van der Waals surface area contributed by atoms with Crippen molar-refractivity contribution in [3.8, 4) is 6.07 Å². The van der Waals surface area contributed by atoms with E-state index < -0.39 is 11.7 Å². The summed E-state index contributed by atoms with van der Waals surface area (Å²) in [5.41, 5.74) is -0.218. The highest BCUT2D eigenvalue weighted by atomic mass is 32.1. The maximum absolute atomic E-state index is 12.9. The molecule has 0 aromatic heterocycles. The third kappa shape index (κ3) is 4.02. The molecule has 1 fully saturated rings. The number of nitrogens with zero attached hydrogens (tertiary/aromatic N) is 1. The van der Waals surface area contributed by atoms with Gasteiger partial charge in [-0.15, -0.1) is 0 Å². The van der Waals surface area contributed by atoms with Crippen LogP contribution in [0.15, 0.2) is 29.5 Å². The monoisotopic (exact) mass is 340 g/mol. The summed E-state index contributed by atoms with van der Waals surface area (Å²) >= 11 is 5.09. The SMILES string of the molecule is CCc1cc(NC(=S)/C(C#N)=C(/O)C2CC2)ccc1C(F)(F)F. The van der Waals surface area contributed by atoms with E-state index in [9.17, 15) is 18.3 Å². The van der Waals surface area contributed by atoms with Crippen LogP contribution in [0.1, 0.15) is 30.9 Å². The van der Waals surface area contributed by atoms with E-state index >= 15 is 0 Å². The quantitative estimate of drug-likeness (QED) is 0.359. The molecule has 0 unspecified atom stereocenters. The summed E-state index contributed by atoms with van der Waals surface area (Å²) in [6, 6.07) is 5.46. The third-order valence-electron chi connectivity index (χ3n) is 3.61. The number of hydrogen-bond donors (Lipinski definition) is 2. The van der Waals surface area contributed by atoms with Crippen LogP contribution in [0.5, 0.6) is 0 Å². The van der Waals surface area contributed by atoms with Gasteiger partial charge in [-0.3, -0.25) is 0 Å². The Hall–Kier alpha value is -2.07. The normalized spacial score (nSPS) is 15.6. The highest BCUT2D eigenvalue weighted by Gasteiger charge is 2.33. The van der Waals surface area contributed by atoms with Gasteiger partial charge in [0.25, 0.3) is 0 Å². The van der Waals surface area contributed by atoms with E-state index in [1.807, 2.05) is 6.07 Å². The van der Waals surface area contributed by atoms with E-state index in [0.717, 1.165) is 18.9 Å². The number of aryl methyl sites for hydroxylation is 1. The number of aliphatic hydroxyl groups is 1. The number of nitrogens with one attached hydrogen (secondary N) is 1. The van der Waals surface area contributed by atoms with E-state index in [-0.39, 0.29) is 34.2 Å². The smallest absolute Gasteiger partial charge is 0.416 e. The number of halogens is 3. The van der Waals surface area contributed by atoms with Gasteiger partial charge in [0.2, 0.25) is 0 Å². The molecule has 122 valence electrons. The molecule has 0 saturated heterocycles. The van der Waals surface area contributed by atoms with Crippen LogP contribution in [0.4, 0.5) is 18.9 Å². The lowest BCUT2D eigenvalue weighted by molar-refractivity contribution is -0.138. The van der Waals surface area contributed by atoms with Crippen molar-refractivity contribution < 1.29 is 18.3 Å². The first-order valence-electron chi connectivity index (χ1n) is 7.12. The summed E-state index contributed by atoms with van der Waals surface area (Å²) in [7, 11) is 0. The Labute approximate surface area is 137 Å². The highest BCUT2D eigenvalue weighted by Crippen LogP contribution is 2.37. The zero-order chi connectivity index (χ0) is 17.2. The van der Waals surface area contributed by atoms with Crippen LogP contribution in [-0.4, -0.2) is 10.1 Å². The van der Waals surface area contributed by atoms with Crippen LogP contribution >= 0.6 is 12.2 Å². The summed E-state index contributed by atoms with van der Waals surface area (Å²) in [4.78, 5) is 0.0127. The number of aliphatic hydroxyl groups excluding tert-OH is 1. The van der Waals surface area contributed by atoms with Gasteiger partial charge < -0.3 is 10.4 Å². The van der Waals surface area contributed by atoms with E-state index in [0.29, 0.717) is 5.69 Å². The summed E-state index contributed by atoms with van der Waals surface area (Å²) in [6.45, 7) is 1.63. The van der Waals surface area contributed by atoms with Crippen molar-refractivity contribution in [1.29, 1.82) is 5.26 Å². The zero-order valence-electron chi connectivity index (χ0n) is 12.4. The fraction of sp³-hybridized carbons (Fsp3) is 0.375. The van der Waals surface area contributed by atoms with Gasteiger partial charge in [0, 0.05) is 11.6 Å². The summed E-state index contributed by atoms with van der Waals surface area (Å²) in [5, 5.41) is 21.8. The number of nitriles is 1. The lowest BCUT2D eigenvalue weighted by atomic mass is 10.0. The first-order chi connectivity index (χ1) is 10.8. The molecule has 1 saturated carbocycles. The molecular formula is C16H15F3N2OS. The average Bonchev–Trinajstić information content (AvgIpc) is 3.31. The predicted molar refractivity (Wildman–Crippen MR) is 85.0 cm³/mol. The molecule has 0 radical (unpaired) electrons. The minimum atomic E-state index is -4.41. The molecule has 23 heavy (non-hydrogen) atoms. The number of thiocarbonyl (C=S) groups is 1. The molecule has 1 aromatic carbocycles. The molecule has 1 aliphatic rings.